The van der Waals surface area contributed by atoms with E-state index in [1.807, 2.05) is 31.2 Å². The van der Waals surface area contributed by atoms with Crippen LogP contribution in [0.3, 0.4) is 0 Å². The van der Waals surface area contributed by atoms with Gasteiger partial charge in [-0.05, 0) is 37.6 Å². The Morgan fingerprint density at radius 1 is 1.33 bits per heavy atom. The summed E-state index contributed by atoms with van der Waals surface area (Å²) in [6.07, 6.45) is 2.09. The monoisotopic (exact) mass is 348 g/mol. The highest BCUT2D eigenvalue weighted by molar-refractivity contribution is 7.91. The Bertz CT molecular complexity index is 815. The lowest BCUT2D eigenvalue weighted by atomic mass is 10.1. The molecule has 0 unspecified atom stereocenters. The molecule has 1 atom stereocenters. The molecule has 1 N–H and O–H groups in total. The molecule has 1 aromatic carbocycles. The molecule has 1 aliphatic heterocycles. The summed E-state index contributed by atoms with van der Waals surface area (Å²) < 4.78 is 28.7. The standard InChI is InChI=1S/C17H20N2O4S/c1-2-19(15-8-10-24(21,22)12-15)17(20)18-14-6-3-5-13(11-14)16-7-4-9-23-16/h3-7,9,11,15H,2,8,10,12H2,1H3,(H,18,20)/t15-/m0/s1. The average molecular weight is 348 g/mol. The Morgan fingerprint density at radius 3 is 2.79 bits per heavy atom. The first-order chi connectivity index (χ1) is 11.5. The lowest BCUT2D eigenvalue weighted by Crippen LogP contribution is -2.43. The molecule has 6 nitrogen and oxygen atoms in total. The van der Waals surface area contributed by atoms with Gasteiger partial charge in [-0.2, -0.15) is 0 Å². The minimum atomic E-state index is -3.03. The number of amides is 2. The molecular formula is C17H20N2O4S. The maximum atomic E-state index is 12.5. The van der Waals surface area contributed by atoms with E-state index in [2.05, 4.69) is 5.32 Å². The quantitative estimate of drug-likeness (QED) is 0.921. The topological polar surface area (TPSA) is 79.6 Å². The van der Waals surface area contributed by atoms with Crippen LogP contribution in [0.2, 0.25) is 0 Å². The molecule has 24 heavy (non-hydrogen) atoms. The van der Waals surface area contributed by atoms with Gasteiger partial charge < -0.3 is 14.6 Å². The number of carbonyl (C=O) groups excluding carboxylic acids is 1. The zero-order valence-electron chi connectivity index (χ0n) is 13.4. The van der Waals surface area contributed by atoms with Crippen molar-refractivity contribution >= 4 is 21.6 Å². The van der Waals surface area contributed by atoms with Crippen molar-refractivity contribution in [1.29, 1.82) is 0 Å². The highest BCUT2D eigenvalue weighted by Crippen LogP contribution is 2.24. The van der Waals surface area contributed by atoms with Crippen LogP contribution in [0.4, 0.5) is 10.5 Å². The third-order valence-corrected chi connectivity index (χ3v) is 5.92. The van der Waals surface area contributed by atoms with E-state index in [1.165, 1.54) is 0 Å². The zero-order chi connectivity index (χ0) is 17.2. The second kappa shape index (κ2) is 6.68. The van der Waals surface area contributed by atoms with Crippen molar-refractivity contribution in [2.45, 2.75) is 19.4 Å². The van der Waals surface area contributed by atoms with Crippen LogP contribution >= 0.6 is 0 Å². The number of hydrogen-bond acceptors (Lipinski definition) is 4. The summed E-state index contributed by atoms with van der Waals surface area (Å²) >= 11 is 0. The Morgan fingerprint density at radius 2 is 2.17 bits per heavy atom. The van der Waals surface area contributed by atoms with Gasteiger partial charge in [0.1, 0.15) is 5.76 Å². The molecule has 1 saturated heterocycles. The van der Waals surface area contributed by atoms with Crippen LogP contribution in [0.25, 0.3) is 11.3 Å². The Balaban J connectivity index is 1.73. The molecule has 0 saturated carbocycles. The molecule has 2 aromatic rings. The SMILES string of the molecule is CCN(C(=O)Nc1cccc(-c2ccco2)c1)[C@H]1CCS(=O)(=O)C1. The van der Waals surface area contributed by atoms with Crippen molar-refractivity contribution in [3.05, 3.63) is 42.7 Å². The summed E-state index contributed by atoms with van der Waals surface area (Å²) in [5, 5.41) is 2.85. The van der Waals surface area contributed by atoms with Crippen LogP contribution in [0.1, 0.15) is 13.3 Å². The van der Waals surface area contributed by atoms with Gasteiger partial charge in [0.25, 0.3) is 0 Å². The largest absolute Gasteiger partial charge is 0.464 e. The van der Waals surface area contributed by atoms with Gasteiger partial charge in [0, 0.05) is 23.8 Å². The molecule has 1 aromatic heterocycles. The fraction of sp³-hybridized carbons (Fsp3) is 0.353. The average Bonchev–Trinajstić information content (AvgIpc) is 3.18. The highest BCUT2D eigenvalue weighted by atomic mass is 32.2. The first kappa shape index (κ1) is 16.6. The molecule has 0 spiro atoms. The second-order valence-electron chi connectivity index (χ2n) is 5.83. The van der Waals surface area contributed by atoms with Crippen LogP contribution in [0.15, 0.2) is 47.1 Å². The van der Waals surface area contributed by atoms with Crippen molar-refractivity contribution in [3.63, 3.8) is 0 Å². The van der Waals surface area contributed by atoms with Crippen LogP contribution < -0.4 is 5.32 Å². The molecule has 2 amide bonds. The normalized spacial score (nSPS) is 19.1. The van der Waals surface area contributed by atoms with Crippen molar-refractivity contribution < 1.29 is 17.6 Å². The van der Waals surface area contributed by atoms with Crippen molar-refractivity contribution in [3.8, 4) is 11.3 Å². The van der Waals surface area contributed by atoms with Gasteiger partial charge in [0.15, 0.2) is 9.84 Å². The van der Waals surface area contributed by atoms with Gasteiger partial charge in [-0.1, -0.05) is 12.1 Å². The Hall–Kier alpha value is -2.28. The predicted octanol–water partition coefficient (Wildman–Crippen LogP) is 2.99. The van der Waals surface area contributed by atoms with Gasteiger partial charge in [-0.25, -0.2) is 13.2 Å². The number of sulfone groups is 1. The number of anilines is 1. The van der Waals surface area contributed by atoms with Crippen LogP contribution in [-0.4, -0.2) is 43.4 Å². The molecule has 1 aliphatic rings. The molecule has 2 heterocycles. The number of benzene rings is 1. The highest BCUT2D eigenvalue weighted by Gasteiger charge is 2.33. The molecule has 3 rings (SSSR count). The van der Waals surface area contributed by atoms with Gasteiger partial charge in [-0.3, -0.25) is 0 Å². The first-order valence-corrected chi connectivity index (χ1v) is 9.72. The van der Waals surface area contributed by atoms with Crippen molar-refractivity contribution in [2.75, 3.05) is 23.4 Å². The van der Waals surface area contributed by atoms with Crippen molar-refractivity contribution in [2.24, 2.45) is 0 Å². The summed E-state index contributed by atoms with van der Waals surface area (Å²) in [5.74, 6) is 0.913. The fourth-order valence-electron chi connectivity index (χ4n) is 2.98. The predicted molar refractivity (Wildman–Crippen MR) is 92.6 cm³/mol. The first-order valence-electron chi connectivity index (χ1n) is 7.90. The second-order valence-corrected chi connectivity index (χ2v) is 8.06. The van der Waals surface area contributed by atoms with Crippen LogP contribution in [-0.2, 0) is 9.84 Å². The maximum absolute atomic E-state index is 12.5. The maximum Gasteiger partial charge on any atom is 0.322 e. The van der Waals surface area contributed by atoms with E-state index in [4.69, 9.17) is 4.42 Å². The summed E-state index contributed by atoms with van der Waals surface area (Å²) in [6.45, 7) is 2.31. The van der Waals surface area contributed by atoms with E-state index in [9.17, 15) is 13.2 Å². The van der Waals surface area contributed by atoms with E-state index in [-0.39, 0.29) is 23.6 Å². The fourth-order valence-corrected chi connectivity index (χ4v) is 4.71. The van der Waals surface area contributed by atoms with Crippen LogP contribution in [0.5, 0.6) is 0 Å². The summed E-state index contributed by atoms with van der Waals surface area (Å²) in [4.78, 5) is 14.1. The summed E-state index contributed by atoms with van der Waals surface area (Å²) in [7, 11) is -3.03. The van der Waals surface area contributed by atoms with Gasteiger partial charge in [0.05, 0.1) is 17.8 Å². The van der Waals surface area contributed by atoms with Gasteiger partial charge in [0.2, 0.25) is 0 Å². The third-order valence-electron chi connectivity index (χ3n) is 4.17. The van der Waals surface area contributed by atoms with E-state index >= 15 is 0 Å². The van der Waals surface area contributed by atoms with Crippen LogP contribution in [0, 0.1) is 0 Å². The van der Waals surface area contributed by atoms with Gasteiger partial charge >= 0.3 is 6.03 Å². The van der Waals surface area contributed by atoms with E-state index < -0.39 is 9.84 Å². The summed E-state index contributed by atoms with van der Waals surface area (Å²) in [5.41, 5.74) is 1.51. The zero-order valence-corrected chi connectivity index (χ0v) is 14.3. The minimum Gasteiger partial charge on any atom is -0.464 e. The molecule has 0 bridgehead atoms. The molecule has 0 radical (unpaired) electrons. The van der Waals surface area contributed by atoms with Gasteiger partial charge in [-0.15, -0.1) is 0 Å². The molecule has 128 valence electrons. The number of carbonyl (C=O) groups is 1. The van der Waals surface area contributed by atoms with E-state index in [1.54, 1.807) is 23.3 Å². The number of urea groups is 1. The minimum absolute atomic E-state index is 0.0424. The number of furan rings is 1. The molecule has 1 fully saturated rings. The number of rotatable bonds is 4. The lowest BCUT2D eigenvalue weighted by Gasteiger charge is -2.27. The Labute approximate surface area is 141 Å². The molecule has 0 aliphatic carbocycles. The number of hydrogen-bond donors (Lipinski definition) is 1. The van der Waals surface area contributed by atoms with Crippen molar-refractivity contribution in [1.82, 2.24) is 4.90 Å². The summed E-state index contributed by atoms with van der Waals surface area (Å²) in [6, 6.07) is 10.5. The third kappa shape index (κ3) is 3.62. The molecular weight excluding hydrogens is 328 g/mol. The number of nitrogens with one attached hydrogen (secondary N) is 1. The smallest absolute Gasteiger partial charge is 0.322 e. The van der Waals surface area contributed by atoms with E-state index in [0.717, 1.165) is 11.3 Å². The van der Waals surface area contributed by atoms with E-state index in [0.29, 0.717) is 18.7 Å². The Kier molecular flexibility index (Phi) is 4.62. The number of nitrogens with zero attached hydrogens (tertiary/aromatic N) is 1. The lowest BCUT2D eigenvalue weighted by molar-refractivity contribution is 0.197. The molecule has 7 heteroatoms.